The molecule has 0 saturated heterocycles. The van der Waals surface area contributed by atoms with Gasteiger partial charge in [0.25, 0.3) is 0 Å². The van der Waals surface area contributed by atoms with Crippen LogP contribution in [0.4, 0.5) is 0 Å². The van der Waals surface area contributed by atoms with Crippen molar-refractivity contribution in [2.24, 2.45) is 0 Å². The summed E-state index contributed by atoms with van der Waals surface area (Å²) in [5.41, 5.74) is 6.41. The molecule has 1 heterocycles. The quantitative estimate of drug-likeness (QED) is 0.909. The average Bonchev–Trinajstić information content (AvgIpc) is 3.20. The van der Waals surface area contributed by atoms with E-state index in [9.17, 15) is 0 Å². The molecule has 0 amide bonds. The summed E-state index contributed by atoms with van der Waals surface area (Å²) in [4.78, 5) is 0. The fourth-order valence-electron chi connectivity index (χ4n) is 2.87. The molecule has 0 aromatic heterocycles. The summed E-state index contributed by atoms with van der Waals surface area (Å²) in [6.07, 6.45) is 2.60. The van der Waals surface area contributed by atoms with Crippen molar-refractivity contribution < 1.29 is 4.74 Å². The van der Waals surface area contributed by atoms with Crippen LogP contribution in [0.1, 0.15) is 29.5 Å². The van der Waals surface area contributed by atoms with E-state index in [0.717, 1.165) is 24.8 Å². The third-order valence-corrected chi connectivity index (χ3v) is 4.49. The number of benzene rings is 2. The van der Waals surface area contributed by atoms with E-state index in [1.54, 1.807) is 0 Å². The highest BCUT2D eigenvalue weighted by Gasteiger charge is 2.21. The monoisotopic (exact) mass is 299 g/mol. The standard InChI is InChI=1S/C18H18ClNO/c19-16-3-6-18(14(8-16)9-20-17-4-5-17)12-1-2-13-10-21-11-15(13)7-12/h1-3,6-8,17,20H,4-5,9-11H2. The third-order valence-electron chi connectivity index (χ3n) is 4.26. The Bertz CT molecular complexity index is 679. The van der Waals surface area contributed by atoms with E-state index in [4.69, 9.17) is 16.3 Å². The lowest BCUT2D eigenvalue weighted by atomic mass is 9.96. The smallest absolute Gasteiger partial charge is 0.0725 e. The number of hydrogen-bond acceptors (Lipinski definition) is 2. The van der Waals surface area contributed by atoms with E-state index < -0.39 is 0 Å². The van der Waals surface area contributed by atoms with Crippen molar-refractivity contribution in [2.75, 3.05) is 0 Å². The predicted octanol–water partition coefficient (Wildman–Crippen LogP) is 4.29. The van der Waals surface area contributed by atoms with Crippen molar-refractivity contribution in [2.45, 2.75) is 38.6 Å². The maximum Gasteiger partial charge on any atom is 0.0725 e. The molecule has 1 aliphatic heterocycles. The fourth-order valence-corrected chi connectivity index (χ4v) is 3.07. The van der Waals surface area contributed by atoms with Crippen molar-refractivity contribution in [3.05, 3.63) is 58.1 Å². The maximum absolute atomic E-state index is 6.18. The molecule has 0 bridgehead atoms. The van der Waals surface area contributed by atoms with E-state index in [1.165, 1.54) is 40.7 Å². The van der Waals surface area contributed by atoms with Crippen LogP contribution in [-0.2, 0) is 24.5 Å². The Morgan fingerprint density at radius 1 is 1.05 bits per heavy atom. The molecule has 2 aromatic rings. The van der Waals surface area contributed by atoms with Gasteiger partial charge in [-0.1, -0.05) is 29.8 Å². The zero-order valence-electron chi connectivity index (χ0n) is 11.9. The van der Waals surface area contributed by atoms with Crippen LogP contribution in [0.3, 0.4) is 0 Å². The van der Waals surface area contributed by atoms with Crippen LogP contribution in [-0.4, -0.2) is 6.04 Å². The van der Waals surface area contributed by atoms with Gasteiger partial charge in [0.05, 0.1) is 13.2 Å². The molecule has 1 aliphatic carbocycles. The highest BCUT2D eigenvalue weighted by atomic mass is 35.5. The Balaban J connectivity index is 1.69. The first-order valence-corrected chi connectivity index (χ1v) is 7.89. The minimum absolute atomic E-state index is 0.699. The van der Waals surface area contributed by atoms with Gasteiger partial charge in [0.2, 0.25) is 0 Å². The predicted molar refractivity (Wildman–Crippen MR) is 85.2 cm³/mol. The van der Waals surface area contributed by atoms with Crippen LogP contribution in [0.25, 0.3) is 11.1 Å². The highest BCUT2D eigenvalue weighted by molar-refractivity contribution is 6.30. The van der Waals surface area contributed by atoms with Crippen molar-refractivity contribution >= 4 is 11.6 Å². The first-order valence-electron chi connectivity index (χ1n) is 7.51. The topological polar surface area (TPSA) is 21.3 Å². The number of nitrogens with one attached hydrogen (secondary N) is 1. The number of hydrogen-bond donors (Lipinski definition) is 1. The van der Waals surface area contributed by atoms with Gasteiger partial charge in [0.15, 0.2) is 0 Å². The van der Waals surface area contributed by atoms with Gasteiger partial charge in [-0.3, -0.25) is 0 Å². The first-order chi connectivity index (χ1) is 10.3. The molecule has 3 heteroatoms. The molecule has 2 aliphatic rings. The molecule has 0 radical (unpaired) electrons. The van der Waals surface area contributed by atoms with Crippen molar-refractivity contribution in [3.63, 3.8) is 0 Å². The molecule has 2 nitrogen and oxygen atoms in total. The number of ether oxygens (including phenoxy) is 1. The van der Waals surface area contributed by atoms with Crippen LogP contribution >= 0.6 is 11.6 Å². The van der Waals surface area contributed by atoms with E-state index in [1.807, 2.05) is 6.07 Å². The molecule has 108 valence electrons. The maximum atomic E-state index is 6.18. The zero-order chi connectivity index (χ0) is 14.2. The summed E-state index contributed by atoms with van der Waals surface area (Å²) < 4.78 is 5.51. The minimum atomic E-state index is 0.699. The second-order valence-corrected chi connectivity index (χ2v) is 6.37. The molecular weight excluding hydrogens is 282 g/mol. The lowest BCUT2D eigenvalue weighted by Gasteiger charge is -2.12. The summed E-state index contributed by atoms with van der Waals surface area (Å²) in [7, 11) is 0. The molecule has 1 saturated carbocycles. The Labute approximate surface area is 130 Å². The van der Waals surface area contributed by atoms with Crippen LogP contribution in [0.15, 0.2) is 36.4 Å². The van der Waals surface area contributed by atoms with Gasteiger partial charge in [0.1, 0.15) is 0 Å². The molecular formula is C18H18ClNO. The van der Waals surface area contributed by atoms with E-state index in [0.29, 0.717) is 6.04 Å². The lowest BCUT2D eigenvalue weighted by molar-refractivity contribution is 0.134. The Morgan fingerprint density at radius 3 is 2.76 bits per heavy atom. The molecule has 2 aromatic carbocycles. The van der Waals surface area contributed by atoms with E-state index in [-0.39, 0.29) is 0 Å². The van der Waals surface area contributed by atoms with Gasteiger partial charge < -0.3 is 10.1 Å². The molecule has 0 unspecified atom stereocenters. The van der Waals surface area contributed by atoms with Crippen molar-refractivity contribution in [1.82, 2.24) is 5.32 Å². The molecule has 21 heavy (non-hydrogen) atoms. The fraction of sp³-hybridized carbons (Fsp3) is 0.333. The van der Waals surface area contributed by atoms with Gasteiger partial charge >= 0.3 is 0 Å². The Hall–Kier alpha value is -1.35. The minimum Gasteiger partial charge on any atom is -0.372 e. The summed E-state index contributed by atoms with van der Waals surface area (Å²) >= 11 is 6.18. The average molecular weight is 300 g/mol. The lowest BCUT2D eigenvalue weighted by Crippen LogP contribution is -2.15. The number of rotatable bonds is 4. The second-order valence-electron chi connectivity index (χ2n) is 5.93. The Kier molecular flexibility index (Phi) is 3.46. The molecule has 0 atom stereocenters. The normalized spacial score (nSPS) is 17.0. The summed E-state index contributed by atoms with van der Waals surface area (Å²) in [6.45, 7) is 2.35. The van der Waals surface area contributed by atoms with Crippen molar-refractivity contribution in [1.29, 1.82) is 0 Å². The van der Waals surface area contributed by atoms with Gasteiger partial charge in [0, 0.05) is 17.6 Å². The van der Waals surface area contributed by atoms with Crippen LogP contribution in [0.5, 0.6) is 0 Å². The van der Waals surface area contributed by atoms with Crippen molar-refractivity contribution in [3.8, 4) is 11.1 Å². The molecule has 1 fully saturated rings. The third kappa shape index (κ3) is 2.84. The van der Waals surface area contributed by atoms with Crippen LogP contribution < -0.4 is 5.32 Å². The first kappa shape index (κ1) is 13.3. The SMILES string of the molecule is Clc1ccc(-c2ccc3c(c2)COC3)c(CNC2CC2)c1. The van der Waals surface area contributed by atoms with Gasteiger partial charge in [-0.25, -0.2) is 0 Å². The molecule has 1 N–H and O–H groups in total. The largest absolute Gasteiger partial charge is 0.372 e. The van der Waals surface area contributed by atoms with Gasteiger partial charge in [-0.15, -0.1) is 0 Å². The summed E-state index contributed by atoms with van der Waals surface area (Å²) in [5.74, 6) is 0. The molecule has 0 spiro atoms. The highest BCUT2D eigenvalue weighted by Crippen LogP contribution is 2.31. The van der Waals surface area contributed by atoms with E-state index >= 15 is 0 Å². The Morgan fingerprint density at radius 2 is 1.90 bits per heavy atom. The second kappa shape index (κ2) is 5.45. The molecule has 4 rings (SSSR count). The van der Waals surface area contributed by atoms with Crippen LogP contribution in [0, 0.1) is 0 Å². The van der Waals surface area contributed by atoms with Crippen LogP contribution in [0.2, 0.25) is 5.02 Å². The van der Waals surface area contributed by atoms with E-state index in [2.05, 4.69) is 35.6 Å². The van der Waals surface area contributed by atoms with Gasteiger partial charge in [-0.05, 0) is 58.9 Å². The summed E-state index contributed by atoms with van der Waals surface area (Å²) in [5, 5.41) is 4.38. The number of fused-ring (bicyclic) bond motifs is 1. The number of halogens is 1. The van der Waals surface area contributed by atoms with Gasteiger partial charge in [-0.2, -0.15) is 0 Å². The summed E-state index contributed by atoms with van der Waals surface area (Å²) in [6, 6.07) is 13.5. The zero-order valence-corrected chi connectivity index (χ0v) is 12.6.